The molecule has 0 radical (unpaired) electrons. The smallest absolute Gasteiger partial charge is 0.308 e. The summed E-state index contributed by atoms with van der Waals surface area (Å²) in [5.74, 6) is -1.57. The van der Waals surface area contributed by atoms with Gasteiger partial charge in [0.2, 0.25) is 5.91 Å². The van der Waals surface area contributed by atoms with Crippen LogP contribution in [0.15, 0.2) is 60.7 Å². The number of carboxylic acids is 1. The lowest BCUT2D eigenvalue weighted by molar-refractivity contribution is -0.141. The van der Waals surface area contributed by atoms with Crippen LogP contribution in [0.3, 0.4) is 0 Å². The third-order valence-corrected chi connectivity index (χ3v) is 5.09. The molecule has 0 aliphatic carbocycles. The van der Waals surface area contributed by atoms with Gasteiger partial charge in [-0.15, -0.1) is 0 Å². The van der Waals surface area contributed by atoms with E-state index in [1.165, 1.54) is 5.56 Å². The molecule has 0 bridgehead atoms. The van der Waals surface area contributed by atoms with Crippen LogP contribution in [0, 0.1) is 5.92 Å². The van der Waals surface area contributed by atoms with Gasteiger partial charge < -0.3 is 10.4 Å². The second-order valence-corrected chi connectivity index (χ2v) is 7.08. The molecule has 1 amide bonds. The van der Waals surface area contributed by atoms with Crippen molar-refractivity contribution < 1.29 is 14.7 Å². The van der Waals surface area contributed by atoms with Gasteiger partial charge in [0, 0.05) is 13.1 Å². The molecule has 2 atom stereocenters. The molecule has 1 saturated heterocycles. The fourth-order valence-corrected chi connectivity index (χ4v) is 3.62. The van der Waals surface area contributed by atoms with E-state index in [4.69, 9.17) is 0 Å². The maximum Gasteiger partial charge on any atom is 0.308 e. The molecule has 142 valence electrons. The Bertz CT molecular complexity index is 749. The van der Waals surface area contributed by atoms with E-state index in [0.29, 0.717) is 6.42 Å². The van der Waals surface area contributed by atoms with Crippen molar-refractivity contribution in [2.45, 2.75) is 31.8 Å². The maximum atomic E-state index is 12.7. The topological polar surface area (TPSA) is 69.6 Å². The van der Waals surface area contributed by atoms with Gasteiger partial charge in [0.1, 0.15) is 0 Å². The van der Waals surface area contributed by atoms with Gasteiger partial charge in [0.05, 0.1) is 12.0 Å². The molecule has 1 fully saturated rings. The van der Waals surface area contributed by atoms with Crippen molar-refractivity contribution in [3.05, 3.63) is 71.8 Å². The molecule has 3 rings (SSSR count). The summed E-state index contributed by atoms with van der Waals surface area (Å²) >= 11 is 0. The summed E-state index contributed by atoms with van der Waals surface area (Å²) in [7, 11) is 0. The molecule has 1 heterocycles. The standard InChI is InChI=1S/C22H26N2O3/c25-21(20-12-7-13-24(20)16-18-10-5-2-6-11-18)23-15-19(22(26)27)14-17-8-3-1-4-9-17/h1-6,8-11,19-20H,7,12-16H2,(H,23,25)(H,26,27)/t19-,20-/m0/s1. The minimum absolute atomic E-state index is 0.0669. The van der Waals surface area contributed by atoms with E-state index in [2.05, 4.69) is 22.3 Å². The van der Waals surface area contributed by atoms with E-state index in [1.807, 2.05) is 48.5 Å². The lowest BCUT2D eigenvalue weighted by Crippen LogP contribution is -2.45. The first-order valence-corrected chi connectivity index (χ1v) is 9.46. The number of likely N-dealkylation sites (tertiary alicyclic amines) is 1. The fourth-order valence-electron chi connectivity index (χ4n) is 3.62. The number of carboxylic acid groups (broad SMARTS) is 1. The SMILES string of the molecule is O=C(O)[C@H](CNC(=O)[C@@H]1CCCN1Cc1ccccc1)Cc1ccccc1. The Labute approximate surface area is 160 Å². The molecule has 5 heteroatoms. The molecule has 0 unspecified atom stereocenters. The predicted octanol–water partition coefficient (Wildman–Crippen LogP) is 2.71. The first-order valence-electron chi connectivity index (χ1n) is 9.46. The van der Waals surface area contributed by atoms with Crippen molar-refractivity contribution in [3.8, 4) is 0 Å². The summed E-state index contributed by atoms with van der Waals surface area (Å²) in [6, 6.07) is 19.5. The second kappa shape index (κ2) is 9.33. The van der Waals surface area contributed by atoms with Crippen molar-refractivity contribution >= 4 is 11.9 Å². The zero-order valence-electron chi connectivity index (χ0n) is 15.4. The van der Waals surface area contributed by atoms with Crippen LogP contribution >= 0.6 is 0 Å². The molecular weight excluding hydrogens is 340 g/mol. The average molecular weight is 366 g/mol. The zero-order valence-corrected chi connectivity index (χ0v) is 15.4. The van der Waals surface area contributed by atoms with Crippen LogP contribution in [0.5, 0.6) is 0 Å². The van der Waals surface area contributed by atoms with Gasteiger partial charge in [-0.05, 0) is 36.9 Å². The Kier molecular flexibility index (Phi) is 6.60. The number of benzene rings is 2. The quantitative estimate of drug-likeness (QED) is 0.754. The van der Waals surface area contributed by atoms with Crippen molar-refractivity contribution in [1.82, 2.24) is 10.2 Å². The third-order valence-electron chi connectivity index (χ3n) is 5.09. The maximum absolute atomic E-state index is 12.7. The summed E-state index contributed by atoms with van der Waals surface area (Å²) in [5.41, 5.74) is 2.15. The molecule has 2 aromatic carbocycles. The molecule has 5 nitrogen and oxygen atoms in total. The lowest BCUT2D eigenvalue weighted by atomic mass is 9.99. The van der Waals surface area contributed by atoms with Crippen LogP contribution in [0.4, 0.5) is 0 Å². The monoisotopic (exact) mass is 366 g/mol. The zero-order chi connectivity index (χ0) is 19.1. The highest BCUT2D eigenvalue weighted by atomic mass is 16.4. The number of nitrogens with one attached hydrogen (secondary N) is 1. The minimum Gasteiger partial charge on any atom is -0.481 e. The number of carbonyl (C=O) groups is 2. The number of nitrogens with zero attached hydrogens (tertiary/aromatic N) is 1. The van der Waals surface area contributed by atoms with Crippen molar-refractivity contribution in [2.24, 2.45) is 5.92 Å². The van der Waals surface area contributed by atoms with Gasteiger partial charge in [0.25, 0.3) is 0 Å². The van der Waals surface area contributed by atoms with Crippen molar-refractivity contribution in [2.75, 3.05) is 13.1 Å². The number of rotatable bonds is 8. The molecule has 0 spiro atoms. The third kappa shape index (κ3) is 5.41. The van der Waals surface area contributed by atoms with Crippen LogP contribution in [-0.2, 0) is 22.6 Å². The Morgan fingerprint density at radius 2 is 1.67 bits per heavy atom. The lowest BCUT2D eigenvalue weighted by Gasteiger charge is -2.24. The molecule has 1 aliphatic rings. The fraction of sp³-hybridized carbons (Fsp3) is 0.364. The highest BCUT2D eigenvalue weighted by Crippen LogP contribution is 2.20. The van der Waals surface area contributed by atoms with Crippen LogP contribution in [0.2, 0.25) is 0 Å². The van der Waals surface area contributed by atoms with E-state index in [0.717, 1.165) is 31.5 Å². The van der Waals surface area contributed by atoms with Gasteiger partial charge in [-0.2, -0.15) is 0 Å². The molecule has 0 aromatic heterocycles. The Hall–Kier alpha value is -2.66. The first kappa shape index (κ1) is 19.1. The van der Waals surface area contributed by atoms with Gasteiger partial charge in [-0.1, -0.05) is 60.7 Å². The van der Waals surface area contributed by atoms with E-state index in [1.54, 1.807) is 0 Å². The van der Waals surface area contributed by atoms with Gasteiger partial charge in [-0.25, -0.2) is 0 Å². The number of carbonyl (C=O) groups excluding carboxylic acids is 1. The second-order valence-electron chi connectivity index (χ2n) is 7.08. The van der Waals surface area contributed by atoms with Crippen LogP contribution in [-0.4, -0.2) is 41.0 Å². The highest BCUT2D eigenvalue weighted by Gasteiger charge is 2.31. The van der Waals surface area contributed by atoms with Crippen LogP contribution in [0.1, 0.15) is 24.0 Å². The Morgan fingerprint density at radius 1 is 1.04 bits per heavy atom. The Balaban J connectivity index is 1.55. The van der Waals surface area contributed by atoms with E-state index < -0.39 is 11.9 Å². The average Bonchev–Trinajstić information content (AvgIpc) is 3.14. The van der Waals surface area contributed by atoms with E-state index >= 15 is 0 Å². The van der Waals surface area contributed by atoms with Crippen molar-refractivity contribution in [1.29, 1.82) is 0 Å². The van der Waals surface area contributed by atoms with E-state index in [-0.39, 0.29) is 18.5 Å². The first-order chi connectivity index (χ1) is 13.1. The highest BCUT2D eigenvalue weighted by molar-refractivity contribution is 5.82. The summed E-state index contributed by atoms with van der Waals surface area (Å²) in [4.78, 5) is 26.4. The molecule has 0 saturated carbocycles. The summed E-state index contributed by atoms with van der Waals surface area (Å²) in [5, 5.41) is 12.4. The number of aliphatic carboxylic acids is 1. The predicted molar refractivity (Wildman–Crippen MR) is 104 cm³/mol. The molecule has 2 N–H and O–H groups in total. The molecule has 27 heavy (non-hydrogen) atoms. The number of amides is 1. The van der Waals surface area contributed by atoms with Crippen LogP contribution < -0.4 is 5.32 Å². The van der Waals surface area contributed by atoms with Gasteiger partial charge >= 0.3 is 5.97 Å². The summed E-state index contributed by atoms with van der Waals surface area (Å²) in [6.07, 6.45) is 2.21. The minimum atomic E-state index is -0.883. The number of hydrogen-bond acceptors (Lipinski definition) is 3. The summed E-state index contributed by atoms with van der Waals surface area (Å²) < 4.78 is 0. The van der Waals surface area contributed by atoms with E-state index in [9.17, 15) is 14.7 Å². The van der Waals surface area contributed by atoms with Gasteiger partial charge in [-0.3, -0.25) is 14.5 Å². The molecular formula is C22H26N2O3. The Morgan fingerprint density at radius 3 is 2.30 bits per heavy atom. The normalized spacial score (nSPS) is 18.1. The van der Waals surface area contributed by atoms with Crippen LogP contribution in [0.25, 0.3) is 0 Å². The largest absolute Gasteiger partial charge is 0.481 e. The van der Waals surface area contributed by atoms with Gasteiger partial charge in [0.15, 0.2) is 0 Å². The molecule has 2 aromatic rings. The number of hydrogen-bond donors (Lipinski definition) is 2. The molecule has 1 aliphatic heterocycles. The van der Waals surface area contributed by atoms with Crippen molar-refractivity contribution in [3.63, 3.8) is 0 Å². The summed E-state index contributed by atoms with van der Waals surface area (Å²) in [6.45, 7) is 1.78.